The van der Waals surface area contributed by atoms with Crippen LogP contribution in [0.5, 0.6) is 0 Å². The Kier molecular flexibility index (Phi) is 4.42. The lowest BCUT2D eigenvalue weighted by Gasteiger charge is -2.32. The molecular weight excluding hydrogens is 188 g/mol. The number of hydrogen-bond donors (Lipinski definition) is 1. The molecule has 2 fully saturated rings. The van der Waals surface area contributed by atoms with Crippen molar-refractivity contribution < 1.29 is 4.74 Å². The van der Waals surface area contributed by atoms with Crippen LogP contribution in [0.25, 0.3) is 0 Å². The van der Waals surface area contributed by atoms with Crippen LogP contribution in [0.3, 0.4) is 0 Å². The Morgan fingerprint density at radius 1 is 1.40 bits per heavy atom. The van der Waals surface area contributed by atoms with Gasteiger partial charge in [0.1, 0.15) is 0 Å². The summed E-state index contributed by atoms with van der Waals surface area (Å²) in [5.41, 5.74) is 0. The summed E-state index contributed by atoms with van der Waals surface area (Å²) >= 11 is 0. The Morgan fingerprint density at radius 3 is 3.00 bits per heavy atom. The molecule has 3 heteroatoms. The summed E-state index contributed by atoms with van der Waals surface area (Å²) < 4.78 is 5.73. The highest BCUT2D eigenvalue weighted by Crippen LogP contribution is 2.31. The van der Waals surface area contributed by atoms with E-state index in [1.807, 2.05) is 0 Å². The maximum atomic E-state index is 5.73. The molecule has 0 aromatic rings. The molecule has 2 aliphatic rings. The van der Waals surface area contributed by atoms with Crippen LogP contribution in [0.15, 0.2) is 0 Å². The van der Waals surface area contributed by atoms with Gasteiger partial charge in [-0.05, 0) is 25.4 Å². The molecule has 1 aliphatic carbocycles. The van der Waals surface area contributed by atoms with Gasteiger partial charge in [-0.25, -0.2) is 0 Å². The molecule has 0 amide bonds. The molecule has 1 heterocycles. The molecule has 0 spiro atoms. The van der Waals surface area contributed by atoms with Crippen molar-refractivity contribution in [2.24, 2.45) is 5.92 Å². The van der Waals surface area contributed by atoms with E-state index in [0.29, 0.717) is 6.10 Å². The van der Waals surface area contributed by atoms with Gasteiger partial charge in [0.15, 0.2) is 0 Å². The monoisotopic (exact) mass is 212 g/mol. The first kappa shape index (κ1) is 11.4. The quantitative estimate of drug-likeness (QED) is 0.667. The topological polar surface area (TPSA) is 24.5 Å². The van der Waals surface area contributed by atoms with E-state index in [1.54, 1.807) is 0 Å². The van der Waals surface area contributed by atoms with E-state index in [2.05, 4.69) is 17.1 Å². The lowest BCUT2D eigenvalue weighted by molar-refractivity contribution is -0.0252. The van der Waals surface area contributed by atoms with Crippen molar-refractivity contribution in [3.05, 3.63) is 0 Å². The molecule has 0 bridgehead atoms. The third kappa shape index (κ3) is 4.09. The lowest BCUT2D eigenvalue weighted by atomic mass is 10.2. The summed E-state index contributed by atoms with van der Waals surface area (Å²) in [5.74, 6) is 1.04. The summed E-state index contributed by atoms with van der Waals surface area (Å²) in [4.78, 5) is 2.47. The Hall–Kier alpha value is -0.120. The van der Waals surface area contributed by atoms with Crippen molar-refractivity contribution in [1.29, 1.82) is 0 Å². The number of likely N-dealkylation sites (N-methyl/N-ethyl adjacent to an activating group) is 1. The van der Waals surface area contributed by atoms with Crippen LogP contribution in [0.2, 0.25) is 0 Å². The van der Waals surface area contributed by atoms with Crippen LogP contribution < -0.4 is 5.32 Å². The zero-order valence-corrected chi connectivity index (χ0v) is 9.87. The minimum atomic E-state index is 0.415. The molecule has 1 aliphatic heterocycles. The van der Waals surface area contributed by atoms with Gasteiger partial charge in [-0.1, -0.05) is 19.8 Å². The summed E-state index contributed by atoms with van der Waals surface area (Å²) in [6.45, 7) is 8.70. The van der Waals surface area contributed by atoms with Gasteiger partial charge in [-0.3, -0.25) is 4.90 Å². The Balaban J connectivity index is 1.52. The summed E-state index contributed by atoms with van der Waals surface area (Å²) in [6, 6.07) is 0. The van der Waals surface area contributed by atoms with E-state index < -0.39 is 0 Å². The third-order valence-electron chi connectivity index (χ3n) is 3.47. The number of nitrogens with one attached hydrogen (secondary N) is 1. The zero-order chi connectivity index (χ0) is 10.5. The second-order valence-electron chi connectivity index (χ2n) is 4.82. The fraction of sp³-hybridized carbons (Fsp3) is 1.00. The van der Waals surface area contributed by atoms with Crippen LogP contribution in [0.4, 0.5) is 0 Å². The van der Waals surface area contributed by atoms with Crippen molar-refractivity contribution in [2.45, 2.75) is 32.3 Å². The van der Waals surface area contributed by atoms with Gasteiger partial charge in [0, 0.05) is 19.6 Å². The molecule has 15 heavy (non-hydrogen) atoms. The van der Waals surface area contributed by atoms with E-state index >= 15 is 0 Å². The first-order valence-electron chi connectivity index (χ1n) is 6.43. The van der Waals surface area contributed by atoms with Crippen LogP contribution in [-0.4, -0.2) is 50.3 Å². The van der Waals surface area contributed by atoms with Crippen molar-refractivity contribution in [2.75, 3.05) is 39.3 Å². The normalized spacial score (nSPS) is 28.2. The molecule has 3 nitrogen and oxygen atoms in total. The largest absolute Gasteiger partial charge is 0.374 e. The van der Waals surface area contributed by atoms with Gasteiger partial charge in [-0.15, -0.1) is 0 Å². The summed E-state index contributed by atoms with van der Waals surface area (Å²) in [5, 5.41) is 3.52. The highest BCUT2D eigenvalue weighted by atomic mass is 16.5. The highest BCUT2D eigenvalue weighted by molar-refractivity contribution is 4.76. The molecule has 0 aromatic heterocycles. The summed E-state index contributed by atoms with van der Waals surface area (Å²) in [6.07, 6.45) is 4.71. The highest BCUT2D eigenvalue weighted by Gasteiger charge is 2.21. The van der Waals surface area contributed by atoms with Crippen molar-refractivity contribution in [3.8, 4) is 0 Å². The molecule has 1 saturated carbocycles. The molecule has 1 N–H and O–H groups in total. The van der Waals surface area contributed by atoms with Gasteiger partial charge < -0.3 is 10.1 Å². The minimum Gasteiger partial charge on any atom is -0.374 e. The number of hydrogen-bond acceptors (Lipinski definition) is 3. The number of nitrogens with zero attached hydrogens (tertiary/aromatic N) is 1. The third-order valence-corrected chi connectivity index (χ3v) is 3.47. The Labute approximate surface area is 93.2 Å². The number of ether oxygens (including phenoxy) is 1. The number of morpholine rings is 1. The molecule has 1 atom stereocenters. The van der Waals surface area contributed by atoms with Crippen LogP contribution >= 0.6 is 0 Å². The van der Waals surface area contributed by atoms with E-state index in [0.717, 1.165) is 38.7 Å². The van der Waals surface area contributed by atoms with Gasteiger partial charge in [-0.2, -0.15) is 0 Å². The molecule has 0 aromatic carbocycles. The molecule has 88 valence electrons. The predicted molar refractivity (Wildman–Crippen MR) is 62.1 cm³/mol. The van der Waals surface area contributed by atoms with E-state index in [4.69, 9.17) is 4.74 Å². The van der Waals surface area contributed by atoms with Gasteiger partial charge in [0.05, 0.1) is 12.7 Å². The first-order valence-corrected chi connectivity index (χ1v) is 6.43. The second-order valence-corrected chi connectivity index (χ2v) is 4.82. The fourth-order valence-electron chi connectivity index (χ4n) is 2.17. The summed E-state index contributed by atoms with van der Waals surface area (Å²) in [7, 11) is 0. The van der Waals surface area contributed by atoms with E-state index in [-0.39, 0.29) is 0 Å². The predicted octanol–water partition coefficient (Wildman–Crippen LogP) is 1.10. The molecule has 2 rings (SSSR count). The molecule has 0 radical (unpaired) electrons. The Morgan fingerprint density at radius 2 is 2.27 bits per heavy atom. The smallest absolute Gasteiger partial charge is 0.0826 e. The maximum absolute atomic E-state index is 5.73. The van der Waals surface area contributed by atoms with Crippen LogP contribution in [0.1, 0.15) is 26.2 Å². The Bertz CT molecular complexity index is 182. The van der Waals surface area contributed by atoms with Crippen LogP contribution in [0, 0.1) is 5.92 Å². The average molecular weight is 212 g/mol. The van der Waals surface area contributed by atoms with Gasteiger partial charge >= 0.3 is 0 Å². The van der Waals surface area contributed by atoms with E-state index in [9.17, 15) is 0 Å². The van der Waals surface area contributed by atoms with Crippen molar-refractivity contribution in [3.63, 3.8) is 0 Å². The SMILES string of the molecule is CCN1CCOC(CNCCC2CC2)C1. The minimum absolute atomic E-state index is 0.415. The van der Waals surface area contributed by atoms with Gasteiger partial charge in [0.2, 0.25) is 0 Å². The van der Waals surface area contributed by atoms with Gasteiger partial charge in [0.25, 0.3) is 0 Å². The maximum Gasteiger partial charge on any atom is 0.0826 e. The molecule has 1 saturated heterocycles. The average Bonchev–Trinajstić information content (AvgIpc) is 3.09. The molecular formula is C12H24N2O. The fourth-order valence-corrected chi connectivity index (χ4v) is 2.17. The van der Waals surface area contributed by atoms with E-state index in [1.165, 1.54) is 25.8 Å². The zero-order valence-electron chi connectivity index (χ0n) is 9.87. The van der Waals surface area contributed by atoms with Crippen molar-refractivity contribution in [1.82, 2.24) is 10.2 Å². The number of rotatable bonds is 6. The first-order chi connectivity index (χ1) is 7.38. The standard InChI is InChI=1S/C12H24N2O/c1-2-14-7-8-15-12(10-14)9-13-6-5-11-3-4-11/h11-13H,2-10H2,1H3. The van der Waals surface area contributed by atoms with Crippen LogP contribution in [-0.2, 0) is 4.74 Å². The molecule has 1 unspecified atom stereocenters. The van der Waals surface area contributed by atoms with Crippen molar-refractivity contribution >= 4 is 0 Å². The lowest BCUT2D eigenvalue weighted by Crippen LogP contribution is -2.46. The second kappa shape index (κ2) is 5.83.